The molecule has 130 valence electrons. The molecule has 0 radical (unpaired) electrons. The minimum Gasteiger partial charge on any atom is -0.352 e. The number of alkyl halides is 3. The van der Waals surface area contributed by atoms with Crippen LogP contribution < -0.4 is 10.6 Å². The van der Waals surface area contributed by atoms with Crippen molar-refractivity contribution in [1.29, 1.82) is 0 Å². The van der Waals surface area contributed by atoms with E-state index in [2.05, 4.69) is 25.3 Å². The molecule has 0 bridgehead atoms. The van der Waals surface area contributed by atoms with Crippen molar-refractivity contribution in [3.8, 4) is 11.5 Å². The molecular weight excluding hydrogens is 345 g/mol. The molecule has 0 aliphatic rings. The molecule has 2 aromatic heterocycles. The predicted octanol–water partition coefficient (Wildman–Crippen LogP) is 3.77. The van der Waals surface area contributed by atoms with Crippen LogP contribution in [0.1, 0.15) is 31.6 Å². The van der Waals surface area contributed by atoms with Crippen LogP contribution in [0.3, 0.4) is 0 Å². The first-order valence-corrected chi connectivity index (χ1v) is 6.67. The van der Waals surface area contributed by atoms with Crippen molar-refractivity contribution >= 4 is 23.5 Å². The third-order valence-electron chi connectivity index (χ3n) is 2.40. The lowest BCUT2D eigenvalue weighted by Crippen LogP contribution is -2.34. The van der Waals surface area contributed by atoms with Crippen LogP contribution in [-0.4, -0.2) is 38.1 Å². The molecule has 0 saturated heterocycles. The fraction of sp³-hybridized carbons (Fsp3) is 0.429. The van der Waals surface area contributed by atoms with Crippen molar-refractivity contribution in [1.82, 2.24) is 19.9 Å². The summed E-state index contributed by atoms with van der Waals surface area (Å²) >= 11 is 5.80. The van der Waals surface area contributed by atoms with Gasteiger partial charge in [0.05, 0.1) is 2.74 Å². The largest absolute Gasteiger partial charge is 0.408 e. The smallest absolute Gasteiger partial charge is 0.352 e. The molecule has 0 aliphatic carbocycles. The summed E-state index contributed by atoms with van der Waals surface area (Å²) in [6.45, 7) is -5.87. The zero-order valence-corrected chi connectivity index (χ0v) is 12.8. The molecule has 2 rings (SSSR count). The quantitative estimate of drug-likeness (QED) is 0.782. The second-order valence-corrected chi connectivity index (χ2v) is 4.79. The average Bonchev–Trinajstić information content (AvgIpc) is 2.58. The lowest BCUT2D eigenvalue weighted by atomic mass is 10.3. The molecule has 2 atom stereocenters. The Bertz CT molecular complexity index is 968. The van der Waals surface area contributed by atoms with Gasteiger partial charge in [-0.25, -0.2) is 4.98 Å². The normalized spacial score (nSPS) is 22.7. The third kappa shape index (κ3) is 4.92. The van der Waals surface area contributed by atoms with Crippen molar-refractivity contribution in [2.24, 2.45) is 0 Å². The van der Waals surface area contributed by atoms with E-state index in [9.17, 15) is 13.2 Å². The Morgan fingerprint density at radius 2 is 1.83 bits per heavy atom. The number of pyridine rings is 1. The molecule has 2 heterocycles. The van der Waals surface area contributed by atoms with E-state index in [-0.39, 0.29) is 10.8 Å². The topological polar surface area (TPSA) is 75.6 Å². The monoisotopic (exact) mass is 368 g/mol. The maximum absolute atomic E-state index is 13.5. The van der Waals surface area contributed by atoms with Gasteiger partial charge in [-0.05, 0) is 32.8 Å². The van der Waals surface area contributed by atoms with E-state index in [1.54, 1.807) is 0 Å². The predicted molar refractivity (Wildman–Crippen MR) is 86.0 cm³/mol. The highest BCUT2D eigenvalue weighted by Gasteiger charge is 2.36. The van der Waals surface area contributed by atoms with E-state index in [0.717, 1.165) is 6.92 Å². The summed E-state index contributed by atoms with van der Waals surface area (Å²) in [5.74, 6) is -2.13. The van der Waals surface area contributed by atoms with Gasteiger partial charge in [0.1, 0.15) is 16.9 Å². The molecule has 0 amide bonds. The molecule has 0 unspecified atom stereocenters. The fourth-order valence-electron chi connectivity index (χ4n) is 1.49. The van der Waals surface area contributed by atoms with Crippen molar-refractivity contribution in [3.05, 3.63) is 23.4 Å². The maximum atomic E-state index is 13.5. The Labute approximate surface area is 153 Å². The zero-order valence-electron chi connectivity index (χ0n) is 20.0. The Kier molecular flexibility index (Phi) is 2.98. The number of anilines is 2. The summed E-state index contributed by atoms with van der Waals surface area (Å²) < 4.78 is 99.5. The molecule has 0 saturated carbocycles. The van der Waals surface area contributed by atoms with E-state index < -0.39 is 49.6 Å². The number of hydrogen-bond donors (Lipinski definition) is 2. The number of aromatic nitrogens is 4. The Hall–Kier alpha value is -2.16. The van der Waals surface area contributed by atoms with E-state index in [4.69, 9.17) is 22.6 Å². The number of nitrogens with zero attached hydrogens (tertiary/aromatic N) is 4. The summed E-state index contributed by atoms with van der Waals surface area (Å²) in [6.07, 6.45) is -5.59. The Morgan fingerprint density at radius 1 is 1.12 bits per heavy atom. The van der Waals surface area contributed by atoms with Crippen LogP contribution in [0, 0.1) is 0 Å². The summed E-state index contributed by atoms with van der Waals surface area (Å²) in [5, 5.41) is 3.55. The van der Waals surface area contributed by atoms with Crippen LogP contribution in [0.5, 0.6) is 0 Å². The van der Waals surface area contributed by atoms with E-state index in [0.29, 0.717) is 0 Å². The van der Waals surface area contributed by atoms with Gasteiger partial charge in [-0.1, -0.05) is 17.7 Å². The number of nitrogens with one attached hydrogen (secondary N) is 2. The number of hydrogen-bond acceptors (Lipinski definition) is 6. The minimum absolute atomic E-state index is 0.0348. The average molecular weight is 369 g/mol. The molecule has 2 N–H and O–H groups in total. The molecular formula is C14H16ClF3N6. The van der Waals surface area contributed by atoms with Crippen LogP contribution in [-0.2, 0) is 0 Å². The zero-order chi connectivity index (χ0) is 24.8. The second kappa shape index (κ2) is 7.16. The molecule has 10 heteroatoms. The summed E-state index contributed by atoms with van der Waals surface area (Å²) in [4.78, 5) is 15.0. The highest BCUT2D eigenvalue weighted by atomic mass is 35.5. The maximum Gasteiger partial charge on any atom is 0.408 e. The lowest BCUT2D eigenvalue weighted by Gasteiger charge is -2.18. The SMILES string of the molecule is [2H]C([2H])([2H])[C@@]([2H])(Nc1nc(N[C@@]([2H])(C)C([2H])([2H])[2H])nc(-c2cccc(Cl)n2)n1)C(F)(F)F. The summed E-state index contributed by atoms with van der Waals surface area (Å²) in [6, 6.07) is -2.49. The van der Waals surface area contributed by atoms with Crippen LogP contribution in [0.4, 0.5) is 25.1 Å². The molecule has 0 aliphatic heterocycles. The Balaban J connectivity index is 2.65. The van der Waals surface area contributed by atoms with Crippen LogP contribution in [0.2, 0.25) is 5.15 Å². The molecule has 2 aromatic rings. The van der Waals surface area contributed by atoms with Crippen molar-refractivity contribution in [2.45, 2.75) is 38.8 Å². The van der Waals surface area contributed by atoms with Gasteiger partial charge in [0, 0.05) is 14.2 Å². The number of halogens is 4. The van der Waals surface area contributed by atoms with E-state index in [1.807, 2.05) is 0 Å². The lowest BCUT2D eigenvalue weighted by molar-refractivity contribution is -0.138. The number of rotatable bonds is 5. The van der Waals surface area contributed by atoms with Gasteiger partial charge in [0.25, 0.3) is 0 Å². The Morgan fingerprint density at radius 3 is 2.42 bits per heavy atom. The van der Waals surface area contributed by atoms with E-state index in [1.165, 1.54) is 23.5 Å². The summed E-state index contributed by atoms with van der Waals surface area (Å²) in [5.41, 5.74) is -0.0805. The van der Waals surface area contributed by atoms with Crippen LogP contribution in [0.25, 0.3) is 11.5 Å². The molecule has 24 heavy (non-hydrogen) atoms. The summed E-state index contributed by atoms with van der Waals surface area (Å²) in [7, 11) is 0. The van der Waals surface area contributed by atoms with Crippen molar-refractivity contribution in [2.75, 3.05) is 10.6 Å². The van der Waals surface area contributed by atoms with Gasteiger partial charge < -0.3 is 10.6 Å². The van der Waals surface area contributed by atoms with Gasteiger partial charge in [0.15, 0.2) is 5.82 Å². The van der Waals surface area contributed by atoms with Crippen molar-refractivity contribution < 1.29 is 24.1 Å². The minimum atomic E-state index is -5.59. The van der Waals surface area contributed by atoms with Gasteiger partial charge in [-0.15, -0.1) is 0 Å². The highest BCUT2D eigenvalue weighted by molar-refractivity contribution is 6.29. The fourth-order valence-corrected chi connectivity index (χ4v) is 1.65. The van der Waals surface area contributed by atoms with Crippen molar-refractivity contribution in [3.63, 3.8) is 0 Å². The standard InChI is InChI=1S/C14H16ClF3N6/c1-7(2)19-12-22-11(9-5-4-6-10(15)21-9)23-13(24-12)20-8(3)14(16,17)18/h4-8H,1-3H3,(H2,19,20,22,23,24)/t8-/m1/s1/i1D3,3D3,7D,8D/t7-,8-. The molecule has 6 nitrogen and oxygen atoms in total. The second-order valence-electron chi connectivity index (χ2n) is 4.40. The first-order valence-electron chi connectivity index (χ1n) is 10.3. The third-order valence-corrected chi connectivity index (χ3v) is 2.61. The van der Waals surface area contributed by atoms with Gasteiger partial charge >= 0.3 is 6.18 Å². The van der Waals surface area contributed by atoms with Gasteiger partial charge in [-0.2, -0.15) is 28.1 Å². The first kappa shape index (κ1) is 9.97. The van der Waals surface area contributed by atoms with Gasteiger partial charge in [-0.3, -0.25) is 0 Å². The molecule has 0 spiro atoms. The van der Waals surface area contributed by atoms with Crippen LogP contribution >= 0.6 is 11.6 Å². The molecule has 0 aromatic carbocycles. The van der Waals surface area contributed by atoms with Crippen LogP contribution in [0.15, 0.2) is 18.2 Å². The van der Waals surface area contributed by atoms with E-state index >= 15 is 0 Å². The highest BCUT2D eigenvalue weighted by Crippen LogP contribution is 2.24. The molecule has 0 fully saturated rings. The van der Waals surface area contributed by atoms with Gasteiger partial charge in [0.2, 0.25) is 11.9 Å². The first-order chi connectivity index (χ1) is 14.3.